The number of H-pyrrole nitrogens is 1. The summed E-state index contributed by atoms with van der Waals surface area (Å²) in [6.07, 6.45) is 4.53. The normalized spacial score (nSPS) is 12.5. The highest BCUT2D eigenvalue weighted by Crippen LogP contribution is 2.33. The quantitative estimate of drug-likeness (QED) is 0.370. The Morgan fingerprint density at radius 2 is 1.97 bits per heavy atom. The van der Waals surface area contributed by atoms with E-state index in [-0.39, 0.29) is 18.5 Å². The molecule has 0 bridgehead atoms. The maximum atomic E-state index is 13.4. The van der Waals surface area contributed by atoms with Crippen molar-refractivity contribution in [3.63, 3.8) is 0 Å². The molecule has 0 saturated heterocycles. The second-order valence-corrected chi connectivity index (χ2v) is 7.52. The minimum absolute atomic E-state index is 0.0176. The van der Waals surface area contributed by atoms with Crippen molar-refractivity contribution in [2.45, 2.75) is 19.4 Å². The first kappa shape index (κ1) is 19.3. The van der Waals surface area contributed by atoms with Crippen molar-refractivity contribution in [3.05, 3.63) is 72.8 Å². The lowest BCUT2D eigenvalue weighted by Gasteiger charge is -2.16. The highest BCUT2D eigenvalue weighted by molar-refractivity contribution is 5.99. The van der Waals surface area contributed by atoms with Crippen LogP contribution in [0.1, 0.15) is 13.3 Å². The molecule has 2 aromatic carbocycles. The number of aromatic amines is 1. The fraction of sp³-hybridized carbons (Fsp3) is 0.167. The standard InChI is InChI=1S/C24H22FN5O/c1-2-17(14-31)27-23-12-20(18-4-3-5-21-19(18)10-11-26-21)24-28-22(13-30(24)29-23)15-6-8-16(25)9-7-15/h3-13,17,26,31H,2,14H2,1H3,(H,27,29)/t17-/m0/s1. The number of aliphatic hydroxyl groups excluding tert-OH is 1. The highest BCUT2D eigenvalue weighted by Gasteiger charge is 2.16. The van der Waals surface area contributed by atoms with Gasteiger partial charge in [-0.2, -0.15) is 0 Å². The third-order valence-corrected chi connectivity index (χ3v) is 5.52. The topological polar surface area (TPSA) is 78.2 Å². The summed E-state index contributed by atoms with van der Waals surface area (Å²) in [4.78, 5) is 8.08. The Morgan fingerprint density at radius 1 is 1.13 bits per heavy atom. The van der Waals surface area contributed by atoms with Gasteiger partial charge >= 0.3 is 0 Å². The summed E-state index contributed by atoms with van der Waals surface area (Å²) in [5, 5.41) is 18.7. The summed E-state index contributed by atoms with van der Waals surface area (Å²) < 4.78 is 15.1. The number of rotatable bonds is 6. The smallest absolute Gasteiger partial charge is 0.162 e. The molecule has 0 fully saturated rings. The first-order valence-electron chi connectivity index (χ1n) is 10.3. The van der Waals surface area contributed by atoms with Crippen molar-refractivity contribution < 1.29 is 9.50 Å². The van der Waals surface area contributed by atoms with E-state index < -0.39 is 0 Å². The molecule has 3 heterocycles. The van der Waals surface area contributed by atoms with Gasteiger partial charge in [-0.05, 0) is 54.4 Å². The van der Waals surface area contributed by atoms with E-state index in [0.29, 0.717) is 17.2 Å². The highest BCUT2D eigenvalue weighted by atomic mass is 19.1. The lowest BCUT2D eigenvalue weighted by Crippen LogP contribution is -2.23. The van der Waals surface area contributed by atoms with Crippen molar-refractivity contribution in [2.24, 2.45) is 0 Å². The molecule has 0 aliphatic rings. The van der Waals surface area contributed by atoms with Crippen molar-refractivity contribution in [2.75, 3.05) is 11.9 Å². The van der Waals surface area contributed by atoms with Crippen molar-refractivity contribution >= 4 is 22.4 Å². The van der Waals surface area contributed by atoms with E-state index in [1.807, 2.05) is 43.6 Å². The number of hydrogen-bond donors (Lipinski definition) is 3. The molecule has 0 aliphatic carbocycles. The molecule has 1 atom stereocenters. The third kappa shape index (κ3) is 3.53. The van der Waals surface area contributed by atoms with Gasteiger partial charge in [0.15, 0.2) is 5.65 Å². The van der Waals surface area contributed by atoms with Crippen LogP contribution < -0.4 is 5.32 Å². The number of anilines is 1. The van der Waals surface area contributed by atoms with Crippen LogP contribution in [0.2, 0.25) is 0 Å². The monoisotopic (exact) mass is 415 g/mol. The minimum Gasteiger partial charge on any atom is -0.394 e. The fourth-order valence-electron chi connectivity index (χ4n) is 3.81. The molecule has 0 spiro atoms. The number of hydrogen-bond acceptors (Lipinski definition) is 4. The molecule has 0 saturated carbocycles. The lowest BCUT2D eigenvalue weighted by atomic mass is 10.0. The summed E-state index contributed by atoms with van der Waals surface area (Å²) >= 11 is 0. The van der Waals surface area contributed by atoms with Gasteiger partial charge in [-0.1, -0.05) is 19.1 Å². The second kappa shape index (κ2) is 7.85. The van der Waals surface area contributed by atoms with Crippen LogP contribution in [0.15, 0.2) is 67.0 Å². The zero-order valence-electron chi connectivity index (χ0n) is 17.0. The van der Waals surface area contributed by atoms with Crippen LogP contribution in [-0.4, -0.2) is 37.3 Å². The number of aromatic nitrogens is 4. The molecular formula is C24H22FN5O. The minimum atomic E-state index is -0.286. The van der Waals surface area contributed by atoms with Crippen molar-refractivity contribution in [1.82, 2.24) is 19.6 Å². The zero-order valence-corrected chi connectivity index (χ0v) is 17.0. The van der Waals surface area contributed by atoms with Gasteiger partial charge in [0.05, 0.1) is 24.5 Å². The Hall–Kier alpha value is -3.71. The second-order valence-electron chi connectivity index (χ2n) is 7.52. The van der Waals surface area contributed by atoms with Crippen LogP contribution in [0.3, 0.4) is 0 Å². The first-order valence-corrected chi connectivity index (χ1v) is 10.3. The van der Waals surface area contributed by atoms with Crippen LogP contribution in [0.25, 0.3) is 38.9 Å². The third-order valence-electron chi connectivity index (χ3n) is 5.52. The Morgan fingerprint density at radius 3 is 2.74 bits per heavy atom. The van der Waals surface area contributed by atoms with Crippen LogP contribution in [0, 0.1) is 5.82 Å². The van der Waals surface area contributed by atoms with E-state index in [4.69, 9.17) is 4.98 Å². The Labute approximate surface area is 178 Å². The van der Waals surface area contributed by atoms with Gasteiger partial charge in [-0.15, -0.1) is 5.10 Å². The molecule has 0 unspecified atom stereocenters. The van der Waals surface area contributed by atoms with E-state index in [2.05, 4.69) is 21.5 Å². The number of aliphatic hydroxyl groups is 1. The molecule has 0 aliphatic heterocycles. The molecule has 7 heteroatoms. The maximum Gasteiger partial charge on any atom is 0.162 e. The summed E-state index contributed by atoms with van der Waals surface area (Å²) in [5.41, 5.74) is 5.21. The van der Waals surface area contributed by atoms with Crippen molar-refractivity contribution in [1.29, 1.82) is 0 Å². The van der Waals surface area contributed by atoms with Gasteiger partial charge in [0.2, 0.25) is 0 Å². The number of fused-ring (bicyclic) bond motifs is 2. The van der Waals surface area contributed by atoms with E-state index in [9.17, 15) is 9.50 Å². The lowest BCUT2D eigenvalue weighted by molar-refractivity contribution is 0.271. The molecule has 6 nitrogen and oxygen atoms in total. The number of imidazole rings is 1. The average Bonchev–Trinajstić information content (AvgIpc) is 3.44. The van der Waals surface area contributed by atoms with Gasteiger partial charge in [0.25, 0.3) is 0 Å². The molecule has 31 heavy (non-hydrogen) atoms. The zero-order chi connectivity index (χ0) is 21.4. The Kier molecular flexibility index (Phi) is 4.88. The predicted octanol–water partition coefficient (Wildman–Crippen LogP) is 4.87. The summed E-state index contributed by atoms with van der Waals surface area (Å²) in [6.45, 7) is 2.03. The van der Waals surface area contributed by atoms with E-state index in [1.54, 1.807) is 16.6 Å². The molecule has 156 valence electrons. The van der Waals surface area contributed by atoms with Crippen LogP contribution in [0.5, 0.6) is 0 Å². The Bertz CT molecular complexity index is 1350. The molecule has 3 N–H and O–H groups in total. The number of halogens is 1. The number of nitrogens with zero attached hydrogens (tertiary/aromatic N) is 3. The SMILES string of the molecule is CC[C@@H](CO)Nc1cc(-c2cccc3[nH]ccc23)c2nc(-c3ccc(F)cc3)cn2n1. The number of benzene rings is 2. The van der Waals surface area contributed by atoms with E-state index in [1.165, 1.54) is 12.1 Å². The Balaban J connectivity index is 1.72. The summed E-state index contributed by atoms with van der Waals surface area (Å²) in [5.74, 6) is 0.366. The van der Waals surface area contributed by atoms with E-state index >= 15 is 0 Å². The fourth-order valence-corrected chi connectivity index (χ4v) is 3.81. The summed E-state index contributed by atoms with van der Waals surface area (Å²) in [7, 11) is 0. The maximum absolute atomic E-state index is 13.4. The average molecular weight is 415 g/mol. The number of nitrogens with one attached hydrogen (secondary N) is 2. The van der Waals surface area contributed by atoms with Crippen LogP contribution in [-0.2, 0) is 0 Å². The van der Waals surface area contributed by atoms with Crippen LogP contribution in [0.4, 0.5) is 10.2 Å². The predicted molar refractivity (Wildman–Crippen MR) is 120 cm³/mol. The molecule has 0 amide bonds. The molecule has 5 aromatic rings. The van der Waals surface area contributed by atoms with Gasteiger partial charge < -0.3 is 15.4 Å². The van der Waals surface area contributed by atoms with Crippen molar-refractivity contribution in [3.8, 4) is 22.4 Å². The van der Waals surface area contributed by atoms with Gasteiger partial charge in [0, 0.05) is 28.2 Å². The van der Waals surface area contributed by atoms with E-state index in [0.717, 1.165) is 34.0 Å². The molecular weight excluding hydrogens is 393 g/mol. The van der Waals surface area contributed by atoms with Gasteiger partial charge in [-0.3, -0.25) is 0 Å². The largest absolute Gasteiger partial charge is 0.394 e. The molecule has 0 radical (unpaired) electrons. The first-order chi connectivity index (χ1) is 15.2. The van der Waals surface area contributed by atoms with Gasteiger partial charge in [-0.25, -0.2) is 13.9 Å². The molecule has 5 rings (SSSR count). The van der Waals surface area contributed by atoms with Crippen LogP contribution >= 0.6 is 0 Å². The summed E-state index contributed by atoms with van der Waals surface area (Å²) in [6, 6.07) is 16.3. The van der Waals surface area contributed by atoms with Gasteiger partial charge in [0.1, 0.15) is 11.6 Å². The molecule has 3 aromatic heterocycles.